The van der Waals surface area contributed by atoms with Gasteiger partial charge < -0.3 is 19.5 Å². The fourth-order valence-corrected chi connectivity index (χ4v) is 6.50. The second kappa shape index (κ2) is 22.2. The predicted molar refractivity (Wildman–Crippen MR) is 198 cm³/mol. The van der Waals surface area contributed by atoms with Crippen molar-refractivity contribution >= 4 is 23.9 Å². The lowest BCUT2D eigenvalue weighted by molar-refractivity contribution is -0.194. The van der Waals surface area contributed by atoms with Crippen molar-refractivity contribution in [3.63, 3.8) is 0 Å². The minimum atomic E-state index is -0.533. The standard InChI is InChI=1S/C18H25N3O4.C17H23N3O4.C3H9NO/c1-3-19(4-2)25-17(22)16-11-10-15-12-20(16)18(23)21(15)24-13-14-8-6-5-7-9-14;1-2-10-23-18-16(21)15-9-8-14-11-19(15)17(22)20(14)24-12-13-6-4-3-5-7-13;1-2-3-5-4/h5-9,15-16H,3-4,10-13H2,1-2H3;3-7,14-15H,2,8-12H2,1H3,(H,18,21);2-4H2,1H3/t15-,16+;14-,15+;/m11./s1. The van der Waals surface area contributed by atoms with Crippen LogP contribution in [-0.2, 0) is 47.0 Å². The number of benzene rings is 2. The monoisotopic (exact) mass is 755 g/mol. The lowest BCUT2D eigenvalue weighted by atomic mass is 10.0. The van der Waals surface area contributed by atoms with E-state index in [4.69, 9.17) is 19.4 Å². The van der Waals surface area contributed by atoms with Crippen LogP contribution in [0.1, 0.15) is 77.3 Å². The first-order valence-electron chi connectivity index (χ1n) is 19.0. The van der Waals surface area contributed by atoms with Gasteiger partial charge in [-0.05, 0) is 63.5 Å². The number of fused-ring (bicyclic) bond motifs is 4. The second-order valence-corrected chi connectivity index (χ2v) is 13.2. The van der Waals surface area contributed by atoms with E-state index in [9.17, 15) is 19.2 Å². The van der Waals surface area contributed by atoms with Crippen molar-refractivity contribution in [3.8, 4) is 0 Å². The van der Waals surface area contributed by atoms with Crippen molar-refractivity contribution in [2.45, 2.75) is 104 Å². The molecule has 5 amide bonds. The number of carbonyl (C=O) groups is 4. The topological polar surface area (TPSA) is 169 Å². The molecule has 4 fully saturated rings. The van der Waals surface area contributed by atoms with E-state index in [1.165, 1.54) is 10.1 Å². The van der Waals surface area contributed by atoms with Gasteiger partial charge in [-0.2, -0.15) is 10.1 Å². The van der Waals surface area contributed by atoms with Crippen LogP contribution in [0.5, 0.6) is 0 Å². The molecule has 2 aromatic rings. The Morgan fingerprint density at radius 1 is 0.722 bits per heavy atom. The van der Waals surface area contributed by atoms with E-state index in [2.05, 4.69) is 16.2 Å². The maximum absolute atomic E-state index is 12.7. The molecule has 0 spiro atoms. The van der Waals surface area contributed by atoms with E-state index >= 15 is 0 Å². The number of hydrogen-bond acceptors (Lipinski definition) is 11. The summed E-state index contributed by atoms with van der Waals surface area (Å²) in [4.78, 5) is 79.1. The van der Waals surface area contributed by atoms with Crippen molar-refractivity contribution in [3.05, 3.63) is 71.8 Å². The average molecular weight is 756 g/mol. The number of nitrogens with zero attached hydrogens (tertiary/aromatic N) is 5. The quantitative estimate of drug-likeness (QED) is 0.185. The predicted octanol–water partition coefficient (Wildman–Crippen LogP) is 4.32. The molecule has 16 nitrogen and oxygen atoms in total. The lowest BCUT2D eigenvalue weighted by Gasteiger charge is -2.30. The molecule has 6 rings (SSSR count). The largest absolute Gasteiger partial charge is 0.366 e. The molecule has 2 aromatic carbocycles. The summed E-state index contributed by atoms with van der Waals surface area (Å²) in [6, 6.07) is 17.9. The Balaban J connectivity index is 0.000000214. The zero-order valence-electron chi connectivity index (χ0n) is 32.0. The third kappa shape index (κ3) is 11.6. The summed E-state index contributed by atoms with van der Waals surface area (Å²) in [7, 11) is 0. The molecule has 0 saturated carbocycles. The molecule has 0 aliphatic carbocycles. The van der Waals surface area contributed by atoms with Gasteiger partial charge in [-0.25, -0.2) is 25.8 Å². The zero-order valence-corrected chi connectivity index (χ0v) is 32.0. The summed E-state index contributed by atoms with van der Waals surface area (Å²) in [5, 5.41) is 4.45. The van der Waals surface area contributed by atoms with Crippen molar-refractivity contribution in [2.75, 3.05) is 39.4 Å². The maximum Gasteiger partial charge on any atom is 0.347 e. The van der Waals surface area contributed by atoms with Crippen LogP contribution in [0.4, 0.5) is 9.59 Å². The maximum atomic E-state index is 12.7. The molecule has 4 saturated heterocycles. The number of carbonyl (C=O) groups excluding carboxylic acids is 4. The highest BCUT2D eigenvalue weighted by Gasteiger charge is 2.49. The molecule has 0 aromatic heterocycles. The Morgan fingerprint density at radius 3 is 1.65 bits per heavy atom. The van der Waals surface area contributed by atoms with Gasteiger partial charge in [0.25, 0.3) is 5.91 Å². The highest BCUT2D eigenvalue weighted by Crippen LogP contribution is 2.32. The Bertz CT molecular complexity index is 1450. The number of rotatable bonds is 16. The van der Waals surface area contributed by atoms with Gasteiger partial charge in [0.2, 0.25) is 0 Å². The van der Waals surface area contributed by atoms with Crippen LogP contribution in [-0.4, -0.2) is 112 Å². The van der Waals surface area contributed by atoms with Crippen LogP contribution < -0.4 is 11.4 Å². The Kier molecular flexibility index (Phi) is 17.4. The van der Waals surface area contributed by atoms with Crippen LogP contribution in [0.3, 0.4) is 0 Å². The van der Waals surface area contributed by atoms with E-state index in [-0.39, 0.29) is 36.0 Å². The van der Waals surface area contributed by atoms with Crippen molar-refractivity contribution < 1.29 is 43.4 Å². The first-order chi connectivity index (χ1) is 26.3. The van der Waals surface area contributed by atoms with Crippen LogP contribution in [0, 0.1) is 0 Å². The van der Waals surface area contributed by atoms with Gasteiger partial charge in [0.1, 0.15) is 25.3 Å². The second-order valence-electron chi connectivity index (χ2n) is 13.2. The van der Waals surface area contributed by atoms with Crippen LogP contribution >= 0.6 is 0 Å². The molecular formula is C38H57N7O9. The first kappa shape index (κ1) is 42.4. The Labute approximate surface area is 318 Å². The van der Waals surface area contributed by atoms with Gasteiger partial charge in [-0.1, -0.05) is 74.5 Å². The summed E-state index contributed by atoms with van der Waals surface area (Å²) >= 11 is 0. The SMILES string of the molecule is CCCON.CCCONC(=O)[C@@H]1CC[C@@H]2CN1C(=O)N2OCc1ccccc1.CCN(CC)OC(=O)[C@@H]1CC[C@@H]2CN1C(=O)N2OCc1ccccc1. The molecule has 3 N–H and O–H groups in total. The number of urea groups is 2. The van der Waals surface area contributed by atoms with Crippen LogP contribution in [0.2, 0.25) is 0 Å². The molecule has 16 heteroatoms. The van der Waals surface area contributed by atoms with E-state index in [1.54, 1.807) is 14.9 Å². The normalized spacial score (nSPS) is 21.4. The number of piperidine rings is 2. The summed E-state index contributed by atoms with van der Waals surface area (Å²) < 4.78 is 0. The fourth-order valence-electron chi connectivity index (χ4n) is 6.50. The number of hydrogen-bond donors (Lipinski definition) is 2. The molecule has 4 heterocycles. The van der Waals surface area contributed by atoms with E-state index in [0.717, 1.165) is 36.8 Å². The van der Waals surface area contributed by atoms with Gasteiger partial charge in [0.15, 0.2) is 0 Å². The van der Waals surface area contributed by atoms with Crippen LogP contribution in [0.25, 0.3) is 0 Å². The van der Waals surface area contributed by atoms with E-state index in [0.29, 0.717) is 65.4 Å². The summed E-state index contributed by atoms with van der Waals surface area (Å²) in [6.07, 6.45) is 4.50. The van der Waals surface area contributed by atoms with Gasteiger partial charge in [0, 0.05) is 26.2 Å². The first-order valence-corrected chi connectivity index (χ1v) is 19.0. The van der Waals surface area contributed by atoms with Crippen LogP contribution in [0.15, 0.2) is 60.7 Å². The van der Waals surface area contributed by atoms with E-state index in [1.807, 2.05) is 88.4 Å². The van der Waals surface area contributed by atoms with Gasteiger partial charge >= 0.3 is 18.0 Å². The molecular weight excluding hydrogens is 698 g/mol. The lowest BCUT2D eigenvalue weighted by Crippen LogP contribution is -2.49. The van der Waals surface area contributed by atoms with Gasteiger partial charge in [0.05, 0.1) is 25.3 Å². The zero-order chi connectivity index (χ0) is 38.9. The fraction of sp³-hybridized carbons (Fsp3) is 0.579. The molecule has 4 aliphatic rings. The van der Waals surface area contributed by atoms with Gasteiger partial charge in [-0.3, -0.25) is 19.3 Å². The smallest absolute Gasteiger partial charge is 0.347 e. The summed E-state index contributed by atoms with van der Waals surface area (Å²) in [5.74, 6) is 4.01. The highest BCUT2D eigenvalue weighted by atomic mass is 16.7. The van der Waals surface area contributed by atoms with Gasteiger partial charge in [-0.15, -0.1) is 5.06 Å². The average Bonchev–Trinajstić information content (AvgIpc) is 3.59. The molecule has 4 aliphatic heterocycles. The Morgan fingerprint density at radius 2 is 1.20 bits per heavy atom. The van der Waals surface area contributed by atoms with Crippen molar-refractivity contribution in [1.82, 2.24) is 30.5 Å². The Hall–Kier alpha value is -4.32. The minimum absolute atomic E-state index is 0.00169. The number of hydroxylamine groups is 7. The molecule has 298 valence electrons. The molecule has 4 atom stereocenters. The number of nitrogens with two attached hydrogens (primary N) is 1. The number of nitrogens with one attached hydrogen (secondary N) is 1. The van der Waals surface area contributed by atoms with Crippen molar-refractivity contribution in [1.29, 1.82) is 0 Å². The third-order valence-corrected chi connectivity index (χ3v) is 9.37. The molecule has 0 unspecified atom stereocenters. The molecule has 54 heavy (non-hydrogen) atoms. The minimum Gasteiger partial charge on any atom is -0.366 e. The molecule has 0 radical (unpaired) electrons. The number of amides is 5. The molecule has 4 bridgehead atoms. The summed E-state index contributed by atoms with van der Waals surface area (Å²) in [6.45, 7) is 11.9. The van der Waals surface area contributed by atoms with E-state index < -0.39 is 12.1 Å². The highest BCUT2D eigenvalue weighted by molar-refractivity contribution is 5.88. The van der Waals surface area contributed by atoms with Crippen molar-refractivity contribution in [2.24, 2.45) is 5.90 Å². The third-order valence-electron chi connectivity index (χ3n) is 9.37. The summed E-state index contributed by atoms with van der Waals surface area (Å²) in [5.41, 5.74) is 4.44.